The van der Waals surface area contributed by atoms with E-state index in [4.69, 9.17) is 0 Å². The highest BCUT2D eigenvalue weighted by Crippen LogP contribution is 2.21. The van der Waals surface area contributed by atoms with Gasteiger partial charge in [0.15, 0.2) is 0 Å². The van der Waals surface area contributed by atoms with Crippen molar-refractivity contribution in [3.05, 3.63) is 29.8 Å². The number of H-pyrrole nitrogens is 1. The van der Waals surface area contributed by atoms with Crippen molar-refractivity contribution in [3.8, 4) is 0 Å². The molecule has 2 atom stereocenters. The van der Waals surface area contributed by atoms with Gasteiger partial charge in [-0.2, -0.15) is 0 Å². The van der Waals surface area contributed by atoms with Crippen LogP contribution in [0.2, 0.25) is 0 Å². The van der Waals surface area contributed by atoms with E-state index in [9.17, 15) is 9.18 Å². The summed E-state index contributed by atoms with van der Waals surface area (Å²) in [6, 6.07) is 4.95. The van der Waals surface area contributed by atoms with Gasteiger partial charge in [0.05, 0.1) is 23.5 Å². The molecule has 1 amide bonds. The average molecular weight is 361 g/mol. The average Bonchev–Trinajstić information content (AvgIpc) is 2.85. The molecule has 1 aromatic heterocycles. The van der Waals surface area contributed by atoms with Crippen molar-refractivity contribution in [3.63, 3.8) is 0 Å². The molecule has 1 aliphatic heterocycles. The first-order valence-corrected chi connectivity index (χ1v) is 9.07. The summed E-state index contributed by atoms with van der Waals surface area (Å²) in [5.41, 5.74) is 1.37. The standard InChI is InChI=1S/C19H28FN5O/c1-23(2)15-7-5-13(10-24(3)11-15)19(26)25(4)12-18-21-16-8-6-14(20)9-17(16)22-18/h6,8-9,13,15H,5,7,10-12H2,1-4H3,(H,21,22)/t13-,15+/m1/s1. The third-order valence-electron chi connectivity index (χ3n) is 5.24. The lowest BCUT2D eigenvalue weighted by Crippen LogP contribution is -2.39. The van der Waals surface area contributed by atoms with E-state index in [0.29, 0.717) is 29.4 Å². The lowest BCUT2D eigenvalue weighted by Gasteiger charge is -2.26. The Morgan fingerprint density at radius 2 is 2.08 bits per heavy atom. The molecule has 2 aromatic rings. The maximum Gasteiger partial charge on any atom is 0.227 e. The SMILES string of the molecule is CN1C[C@H](C(=O)N(C)Cc2nc3ccc(F)cc3[nH]2)CC[C@H](N(C)C)C1. The van der Waals surface area contributed by atoms with Gasteiger partial charge >= 0.3 is 0 Å². The minimum Gasteiger partial charge on any atom is -0.340 e. The molecule has 1 saturated heterocycles. The number of likely N-dealkylation sites (N-methyl/N-ethyl adjacent to an activating group) is 2. The Morgan fingerprint density at radius 3 is 2.81 bits per heavy atom. The van der Waals surface area contributed by atoms with E-state index in [-0.39, 0.29) is 17.6 Å². The molecule has 0 bridgehead atoms. The molecular formula is C19H28FN5O. The van der Waals surface area contributed by atoms with Gasteiger partial charge in [0, 0.05) is 26.2 Å². The van der Waals surface area contributed by atoms with Crippen LogP contribution < -0.4 is 0 Å². The summed E-state index contributed by atoms with van der Waals surface area (Å²) in [7, 11) is 8.08. The van der Waals surface area contributed by atoms with Crippen molar-refractivity contribution in [1.82, 2.24) is 24.7 Å². The smallest absolute Gasteiger partial charge is 0.227 e. The Bertz CT molecular complexity index is 774. The van der Waals surface area contributed by atoms with Crippen LogP contribution in [0.5, 0.6) is 0 Å². The number of hydrogen-bond donors (Lipinski definition) is 1. The van der Waals surface area contributed by atoms with E-state index in [0.717, 1.165) is 25.9 Å². The molecule has 26 heavy (non-hydrogen) atoms. The van der Waals surface area contributed by atoms with E-state index in [1.165, 1.54) is 12.1 Å². The normalized spacial score (nSPS) is 21.9. The number of halogens is 1. The Labute approximate surface area is 154 Å². The first kappa shape index (κ1) is 18.8. The van der Waals surface area contributed by atoms with Crippen LogP contribution in [0.4, 0.5) is 4.39 Å². The van der Waals surface area contributed by atoms with Crippen molar-refractivity contribution < 1.29 is 9.18 Å². The fourth-order valence-corrected chi connectivity index (χ4v) is 3.73. The van der Waals surface area contributed by atoms with Gasteiger partial charge < -0.3 is 19.7 Å². The monoisotopic (exact) mass is 361 g/mol. The van der Waals surface area contributed by atoms with Crippen LogP contribution in [-0.2, 0) is 11.3 Å². The second-order valence-electron chi connectivity index (χ2n) is 7.65. The summed E-state index contributed by atoms with van der Waals surface area (Å²) in [5.74, 6) is 0.517. The number of fused-ring (bicyclic) bond motifs is 1. The zero-order valence-electron chi connectivity index (χ0n) is 16.0. The number of nitrogens with one attached hydrogen (secondary N) is 1. The maximum atomic E-state index is 13.3. The molecular weight excluding hydrogens is 333 g/mol. The van der Waals surface area contributed by atoms with Crippen molar-refractivity contribution in [2.24, 2.45) is 5.92 Å². The lowest BCUT2D eigenvalue weighted by atomic mass is 10.00. The summed E-state index contributed by atoms with van der Waals surface area (Å²) in [6.07, 6.45) is 1.91. The summed E-state index contributed by atoms with van der Waals surface area (Å²) in [4.78, 5) is 26.7. The van der Waals surface area contributed by atoms with Crippen LogP contribution in [0, 0.1) is 11.7 Å². The molecule has 0 spiro atoms. The van der Waals surface area contributed by atoms with E-state index < -0.39 is 0 Å². The number of benzene rings is 1. The van der Waals surface area contributed by atoms with Crippen molar-refractivity contribution >= 4 is 16.9 Å². The highest BCUT2D eigenvalue weighted by atomic mass is 19.1. The first-order chi connectivity index (χ1) is 12.3. The summed E-state index contributed by atoms with van der Waals surface area (Å²) >= 11 is 0. The third-order valence-corrected chi connectivity index (χ3v) is 5.24. The lowest BCUT2D eigenvalue weighted by molar-refractivity contribution is -0.135. The van der Waals surface area contributed by atoms with Gasteiger partial charge in [-0.15, -0.1) is 0 Å². The molecule has 3 rings (SSSR count). The molecule has 0 unspecified atom stereocenters. The molecule has 7 heteroatoms. The fraction of sp³-hybridized carbons (Fsp3) is 0.579. The minimum absolute atomic E-state index is 0.00299. The predicted octanol–water partition coefficient (Wildman–Crippen LogP) is 1.93. The molecule has 1 fully saturated rings. The number of aromatic nitrogens is 2. The second-order valence-corrected chi connectivity index (χ2v) is 7.65. The van der Waals surface area contributed by atoms with Crippen molar-refractivity contribution in [2.75, 3.05) is 41.3 Å². The van der Waals surface area contributed by atoms with Crippen LogP contribution in [0.1, 0.15) is 18.7 Å². The van der Waals surface area contributed by atoms with Gasteiger partial charge in [-0.1, -0.05) is 0 Å². The van der Waals surface area contributed by atoms with Gasteiger partial charge in [0.2, 0.25) is 5.91 Å². The molecule has 0 radical (unpaired) electrons. The van der Waals surface area contributed by atoms with E-state index in [1.807, 2.05) is 7.05 Å². The topological polar surface area (TPSA) is 55.5 Å². The van der Waals surface area contributed by atoms with Crippen molar-refractivity contribution in [2.45, 2.75) is 25.4 Å². The van der Waals surface area contributed by atoms with Gasteiger partial charge in [0.1, 0.15) is 11.6 Å². The molecule has 1 aromatic carbocycles. The quantitative estimate of drug-likeness (QED) is 0.904. The van der Waals surface area contributed by atoms with Gasteiger partial charge in [-0.25, -0.2) is 9.37 Å². The Hall–Kier alpha value is -1.99. The van der Waals surface area contributed by atoms with Gasteiger partial charge in [-0.3, -0.25) is 4.79 Å². The molecule has 0 saturated carbocycles. The number of amides is 1. The summed E-state index contributed by atoms with van der Waals surface area (Å²) in [6.45, 7) is 2.15. The highest BCUT2D eigenvalue weighted by Gasteiger charge is 2.29. The molecule has 2 heterocycles. The minimum atomic E-state index is -0.297. The molecule has 6 nitrogen and oxygen atoms in total. The zero-order chi connectivity index (χ0) is 18.8. The van der Waals surface area contributed by atoms with Crippen LogP contribution in [0.15, 0.2) is 18.2 Å². The third kappa shape index (κ3) is 4.22. The molecule has 142 valence electrons. The van der Waals surface area contributed by atoms with Crippen LogP contribution in [0.3, 0.4) is 0 Å². The number of likely N-dealkylation sites (tertiary alicyclic amines) is 1. The first-order valence-electron chi connectivity index (χ1n) is 9.07. The van der Waals surface area contributed by atoms with Crippen molar-refractivity contribution in [1.29, 1.82) is 0 Å². The Kier molecular flexibility index (Phi) is 5.58. The Balaban J connectivity index is 1.66. The highest BCUT2D eigenvalue weighted by molar-refractivity contribution is 5.79. The number of hydrogen-bond acceptors (Lipinski definition) is 4. The number of imidazole rings is 1. The van der Waals surface area contributed by atoms with E-state index in [2.05, 4.69) is 40.9 Å². The molecule has 1 N–H and O–H groups in total. The van der Waals surface area contributed by atoms with Gasteiger partial charge in [-0.05, 0) is 52.2 Å². The van der Waals surface area contributed by atoms with Crippen LogP contribution in [-0.4, -0.2) is 77.9 Å². The van der Waals surface area contributed by atoms with Crippen LogP contribution >= 0.6 is 0 Å². The number of rotatable bonds is 4. The zero-order valence-corrected chi connectivity index (χ0v) is 16.0. The number of aromatic amines is 1. The second kappa shape index (κ2) is 7.72. The van der Waals surface area contributed by atoms with Gasteiger partial charge in [0.25, 0.3) is 0 Å². The molecule has 1 aliphatic rings. The number of nitrogens with zero attached hydrogens (tertiary/aromatic N) is 4. The van der Waals surface area contributed by atoms with Crippen LogP contribution in [0.25, 0.3) is 11.0 Å². The molecule has 0 aliphatic carbocycles. The fourth-order valence-electron chi connectivity index (χ4n) is 3.73. The van der Waals surface area contributed by atoms with E-state index in [1.54, 1.807) is 11.0 Å². The number of carbonyl (C=O) groups excluding carboxylic acids is 1. The Morgan fingerprint density at radius 1 is 1.31 bits per heavy atom. The summed E-state index contributed by atoms with van der Waals surface area (Å²) in [5, 5.41) is 0. The predicted molar refractivity (Wildman–Crippen MR) is 100 cm³/mol. The largest absolute Gasteiger partial charge is 0.340 e. The number of carbonyl (C=O) groups is 1. The summed E-state index contributed by atoms with van der Waals surface area (Å²) < 4.78 is 13.3. The van der Waals surface area contributed by atoms with E-state index >= 15 is 0 Å². The maximum absolute atomic E-state index is 13.3.